The van der Waals surface area contributed by atoms with Gasteiger partial charge in [-0.05, 0) is 18.9 Å². The van der Waals surface area contributed by atoms with Crippen LogP contribution in [-0.4, -0.2) is 37.1 Å². The maximum atomic E-state index is 11.4. The molecule has 0 spiro atoms. The van der Waals surface area contributed by atoms with Crippen molar-refractivity contribution in [1.29, 1.82) is 0 Å². The summed E-state index contributed by atoms with van der Waals surface area (Å²) in [6.07, 6.45) is 3.10. The molecule has 1 aromatic heterocycles. The lowest BCUT2D eigenvalue weighted by molar-refractivity contribution is 0.447. The first-order valence-corrected chi connectivity index (χ1v) is 7.98. The molecular weight excluding hydrogens is 252 g/mol. The molecule has 5 nitrogen and oxygen atoms in total. The summed E-state index contributed by atoms with van der Waals surface area (Å²) < 4.78 is 24.2. The molecule has 6 heteroatoms. The standard InChI is InChI=1S/C12H18N2O3S/c15-12-3-1-2-7-14(12)8-6-13-11-4-9-18(16,17)10-5-11/h1-3,7,11,13H,4-6,8-10H2. The minimum absolute atomic E-state index is 0.00878. The van der Waals surface area contributed by atoms with Crippen molar-refractivity contribution in [3.63, 3.8) is 0 Å². The molecule has 0 aromatic carbocycles. The normalized spacial score (nSPS) is 19.8. The molecule has 0 unspecified atom stereocenters. The third-order valence-electron chi connectivity index (χ3n) is 3.24. The second kappa shape index (κ2) is 5.67. The van der Waals surface area contributed by atoms with Crippen LogP contribution in [-0.2, 0) is 16.4 Å². The first-order chi connectivity index (χ1) is 8.57. The summed E-state index contributed by atoms with van der Waals surface area (Å²) >= 11 is 0. The van der Waals surface area contributed by atoms with Gasteiger partial charge in [0.15, 0.2) is 0 Å². The lowest BCUT2D eigenvalue weighted by Gasteiger charge is -2.23. The molecule has 2 heterocycles. The Morgan fingerprint density at radius 1 is 1.28 bits per heavy atom. The third kappa shape index (κ3) is 3.68. The van der Waals surface area contributed by atoms with Gasteiger partial charge < -0.3 is 9.88 Å². The van der Waals surface area contributed by atoms with E-state index in [1.807, 2.05) is 6.07 Å². The maximum Gasteiger partial charge on any atom is 0.250 e. The minimum Gasteiger partial charge on any atom is -0.314 e. The average Bonchev–Trinajstić information content (AvgIpc) is 2.34. The van der Waals surface area contributed by atoms with Crippen molar-refractivity contribution in [1.82, 2.24) is 9.88 Å². The largest absolute Gasteiger partial charge is 0.314 e. The molecule has 100 valence electrons. The van der Waals surface area contributed by atoms with E-state index < -0.39 is 9.84 Å². The number of aromatic nitrogens is 1. The predicted octanol–water partition coefficient (Wildman–Crippen LogP) is 0.0151. The molecule has 1 aromatic rings. The van der Waals surface area contributed by atoms with Crippen LogP contribution >= 0.6 is 0 Å². The Morgan fingerprint density at radius 2 is 2.00 bits per heavy atom. The van der Waals surface area contributed by atoms with E-state index in [0.29, 0.717) is 25.9 Å². The Morgan fingerprint density at radius 3 is 2.67 bits per heavy atom. The fourth-order valence-corrected chi connectivity index (χ4v) is 3.62. The second-order valence-corrected chi connectivity index (χ2v) is 6.92. The van der Waals surface area contributed by atoms with Gasteiger partial charge in [-0.1, -0.05) is 6.07 Å². The van der Waals surface area contributed by atoms with E-state index in [9.17, 15) is 13.2 Å². The zero-order valence-corrected chi connectivity index (χ0v) is 11.0. The molecule has 18 heavy (non-hydrogen) atoms. The number of hydrogen-bond donors (Lipinski definition) is 1. The highest BCUT2D eigenvalue weighted by atomic mass is 32.2. The Labute approximate surface area is 107 Å². The summed E-state index contributed by atoms with van der Waals surface area (Å²) in [6, 6.07) is 5.34. The molecule has 2 rings (SSSR count). The van der Waals surface area contributed by atoms with Crippen LogP contribution in [0.5, 0.6) is 0 Å². The molecule has 1 fully saturated rings. The van der Waals surface area contributed by atoms with Crippen molar-refractivity contribution in [2.24, 2.45) is 0 Å². The zero-order chi connectivity index (χ0) is 13.0. The van der Waals surface area contributed by atoms with Crippen molar-refractivity contribution < 1.29 is 8.42 Å². The summed E-state index contributed by atoms with van der Waals surface area (Å²) in [5, 5.41) is 3.31. The first kappa shape index (κ1) is 13.3. The highest BCUT2D eigenvalue weighted by Gasteiger charge is 2.22. The van der Waals surface area contributed by atoms with Gasteiger partial charge in [-0.25, -0.2) is 8.42 Å². The Hall–Kier alpha value is -1.14. The molecule has 0 amide bonds. The number of nitrogens with zero attached hydrogens (tertiary/aromatic N) is 1. The van der Waals surface area contributed by atoms with Gasteiger partial charge in [-0.2, -0.15) is 0 Å². The Bertz CT molecular complexity index is 536. The van der Waals surface area contributed by atoms with Crippen LogP contribution in [0.25, 0.3) is 0 Å². The van der Waals surface area contributed by atoms with Gasteiger partial charge in [-0.15, -0.1) is 0 Å². The van der Waals surface area contributed by atoms with Crippen molar-refractivity contribution in [2.45, 2.75) is 25.4 Å². The molecular formula is C12H18N2O3S. The Balaban J connectivity index is 1.77. The number of sulfone groups is 1. The van der Waals surface area contributed by atoms with Gasteiger partial charge in [0.25, 0.3) is 5.56 Å². The van der Waals surface area contributed by atoms with E-state index in [-0.39, 0.29) is 23.1 Å². The lowest BCUT2D eigenvalue weighted by Crippen LogP contribution is -2.39. The van der Waals surface area contributed by atoms with E-state index in [4.69, 9.17) is 0 Å². The van der Waals surface area contributed by atoms with Gasteiger partial charge in [0.2, 0.25) is 0 Å². The van der Waals surface area contributed by atoms with Gasteiger partial charge in [0.1, 0.15) is 9.84 Å². The maximum absolute atomic E-state index is 11.4. The van der Waals surface area contributed by atoms with E-state index in [2.05, 4.69) is 5.32 Å². The number of rotatable bonds is 4. The molecule has 1 saturated heterocycles. The zero-order valence-electron chi connectivity index (χ0n) is 10.2. The highest BCUT2D eigenvalue weighted by molar-refractivity contribution is 7.91. The molecule has 0 atom stereocenters. The molecule has 1 aliphatic rings. The summed E-state index contributed by atoms with van der Waals surface area (Å²) in [5.74, 6) is 0.548. The van der Waals surface area contributed by atoms with E-state index >= 15 is 0 Å². The lowest BCUT2D eigenvalue weighted by atomic mass is 10.1. The SMILES string of the molecule is O=c1ccccn1CCNC1CCS(=O)(=O)CC1. The fraction of sp³-hybridized carbons (Fsp3) is 0.583. The van der Waals surface area contributed by atoms with Crippen LogP contribution in [0.3, 0.4) is 0 Å². The average molecular weight is 270 g/mol. The van der Waals surface area contributed by atoms with Gasteiger partial charge in [0.05, 0.1) is 11.5 Å². The molecule has 1 N–H and O–H groups in total. The van der Waals surface area contributed by atoms with Crippen molar-refractivity contribution in [3.8, 4) is 0 Å². The predicted molar refractivity (Wildman–Crippen MR) is 70.4 cm³/mol. The molecule has 0 bridgehead atoms. The van der Waals surface area contributed by atoms with E-state index in [1.165, 1.54) is 6.07 Å². The van der Waals surface area contributed by atoms with Gasteiger partial charge >= 0.3 is 0 Å². The number of pyridine rings is 1. The highest BCUT2D eigenvalue weighted by Crippen LogP contribution is 2.11. The van der Waals surface area contributed by atoms with Crippen LogP contribution in [0, 0.1) is 0 Å². The fourth-order valence-electron chi connectivity index (χ4n) is 2.13. The summed E-state index contributed by atoms with van der Waals surface area (Å²) in [4.78, 5) is 11.4. The van der Waals surface area contributed by atoms with E-state index in [0.717, 1.165) is 0 Å². The van der Waals surface area contributed by atoms with Crippen molar-refractivity contribution in [2.75, 3.05) is 18.1 Å². The van der Waals surface area contributed by atoms with Crippen LogP contribution in [0.15, 0.2) is 29.2 Å². The molecule has 0 aliphatic carbocycles. The van der Waals surface area contributed by atoms with Gasteiger partial charge in [0, 0.05) is 31.4 Å². The monoisotopic (exact) mass is 270 g/mol. The van der Waals surface area contributed by atoms with Crippen molar-refractivity contribution >= 4 is 9.84 Å². The third-order valence-corrected chi connectivity index (χ3v) is 4.95. The van der Waals surface area contributed by atoms with Crippen LogP contribution < -0.4 is 10.9 Å². The van der Waals surface area contributed by atoms with Crippen LogP contribution in [0.1, 0.15) is 12.8 Å². The van der Waals surface area contributed by atoms with Crippen LogP contribution in [0.4, 0.5) is 0 Å². The molecule has 1 aliphatic heterocycles. The minimum atomic E-state index is -2.79. The summed E-state index contributed by atoms with van der Waals surface area (Å²) in [5.41, 5.74) is -0.00878. The second-order valence-electron chi connectivity index (χ2n) is 4.61. The number of hydrogen-bond acceptors (Lipinski definition) is 4. The summed E-state index contributed by atoms with van der Waals surface area (Å²) in [6.45, 7) is 1.30. The van der Waals surface area contributed by atoms with Crippen molar-refractivity contribution in [3.05, 3.63) is 34.7 Å². The smallest absolute Gasteiger partial charge is 0.250 e. The van der Waals surface area contributed by atoms with Crippen LogP contribution in [0.2, 0.25) is 0 Å². The quantitative estimate of drug-likeness (QED) is 0.837. The molecule has 0 radical (unpaired) electrons. The molecule has 0 saturated carbocycles. The topological polar surface area (TPSA) is 68.2 Å². The first-order valence-electron chi connectivity index (χ1n) is 6.16. The van der Waals surface area contributed by atoms with E-state index in [1.54, 1.807) is 16.8 Å². The van der Waals surface area contributed by atoms with Gasteiger partial charge in [-0.3, -0.25) is 4.79 Å². The Kier molecular flexibility index (Phi) is 4.19. The number of nitrogens with one attached hydrogen (secondary N) is 1. The summed E-state index contributed by atoms with van der Waals surface area (Å²) in [7, 11) is -2.79.